The second-order valence-corrected chi connectivity index (χ2v) is 7.89. The molecular weight excluding hydrogens is 424 g/mol. The molecule has 0 heterocycles. The van der Waals surface area contributed by atoms with Crippen molar-refractivity contribution < 1.29 is 14.3 Å². The molecule has 0 saturated heterocycles. The molecule has 32 heavy (non-hydrogen) atoms. The van der Waals surface area contributed by atoms with Gasteiger partial charge in [0.05, 0.1) is 19.2 Å². The number of hydrogen-bond donors (Lipinski definition) is 1. The van der Waals surface area contributed by atoms with Gasteiger partial charge in [0.15, 0.2) is 11.5 Å². The maximum Gasteiger partial charge on any atom is 0.244 e. The van der Waals surface area contributed by atoms with Crippen LogP contribution in [-0.4, -0.2) is 18.7 Å². The first kappa shape index (κ1) is 23.4. The molecule has 0 fully saturated rings. The zero-order chi connectivity index (χ0) is 22.9. The van der Waals surface area contributed by atoms with Gasteiger partial charge in [-0.3, -0.25) is 4.79 Å². The molecule has 3 aromatic carbocycles. The molecule has 1 amide bonds. The maximum absolute atomic E-state index is 12.2. The van der Waals surface area contributed by atoms with Crippen molar-refractivity contribution in [2.75, 3.05) is 6.61 Å². The van der Waals surface area contributed by atoms with Crippen LogP contribution in [0.2, 0.25) is 5.02 Å². The van der Waals surface area contributed by atoms with E-state index in [1.54, 1.807) is 6.21 Å². The van der Waals surface area contributed by atoms with Gasteiger partial charge in [-0.2, -0.15) is 5.10 Å². The minimum Gasteiger partial charge on any atom is -0.490 e. The Morgan fingerprint density at radius 3 is 2.62 bits per heavy atom. The number of halogens is 1. The molecule has 1 N–H and O–H groups in total. The SMILES string of the molecule is CCOc1cc(/C=N\NC(=O)Cc2ccc(C)cc2C)ccc1OCc1cccc(Cl)c1. The van der Waals surface area contributed by atoms with Crippen LogP contribution in [0.4, 0.5) is 0 Å². The van der Waals surface area contributed by atoms with Crippen molar-refractivity contribution in [3.63, 3.8) is 0 Å². The Bertz CT molecular complexity index is 1110. The molecule has 0 atom stereocenters. The van der Waals surface area contributed by atoms with E-state index in [9.17, 15) is 4.79 Å². The number of amides is 1. The van der Waals surface area contributed by atoms with Crippen molar-refractivity contribution >= 4 is 23.7 Å². The van der Waals surface area contributed by atoms with Gasteiger partial charge in [-0.05, 0) is 73.4 Å². The minimum atomic E-state index is -0.167. The summed E-state index contributed by atoms with van der Waals surface area (Å²) in [5.41, 5.74) is 7.60. The number of carbonyl (C=O) groups excluding carboxylic acids is 1. The fourth-order valence-electron chi connectivity index (χ4n) is 3.22. The normalized spacial score (nSPS) is 10.9. The molecule has 166 valence electrons. The summed E-state index contributed by atoms with van der Waals surface area (Å²) in [6.07, 6.45) is 1.87. The van der Waals surface area contributed by atoms with Crippen LogP contribution in [0.3, 0.4) is 0 Å². The van der Waals surface area contributed by atoms with Crippen LogP contribution in [0.1, 0.15) is 34.7 Å². The van der Waals surface area contributed by atoms with E-state index in [0.717, 1.165) is 22.3 Å². The first-order valence-corrected chi connectivity index (χ1v) is 10.8. The molecule has 0 aliphatic carbocycles. The fraction of sp³-hybridized carbons (Fsp3) is 0.231. The molecule has 0 aromatic heterocycles. The van der Waals surface area contributed by atoms with E-state index < -0.39 is 0 Å². The largest absolute Gasteiger partial charge is 0.490 e. The van der Waals surface area contributed by atoms with Crippen LogP contribution in [0.15, 0.2) is 65.8 Å². The van der Waals surface area contributed by atoms with E-state index in [1.807, 2.05) is 75.4 Å². The standard InChI is InChI=1S/C26H27ClN2O3/c1-4-31-25-14-20(9-11-24(25)32-17-21-6-5-7-23(27)13-21)16-28-29-26(30)15-22-10-8-18(2)12-19(22)3/h5-14,16H,4,15,17H2,1-3H3,(H,29,30)/b28-16-. The minimum absolute atomic E-state index is 0.167. The molecule has 0 radical (unpaired) electrons. The van der Waals surface area contributed by atoms with Crippen LogP contribution in [-0.2, 0) is 17.8 Å². The van der Waals surface area contributed by atoms with Crippen LogP contribution in [0.25, 0.3) is 0 Å². The zero-order valence-electron chi connectivity index (χ0n) is 18.5. The van der Waals surface area contributed by atoms with Gasteiger partial charge in [0.1, 0.15) is 6.61 Å². The van der Waals surface area contributed by atoms with Gasteiger partial charge in [0.25, 0.3) is 0 Å². The smallest absolute Gasteiger partial charge is 0.244 e. The molecule has 0 aliphatic rings. The number of benzene rings is 3. The first-order valence-electron chi connectivity index (χ1n) is 10.5. The molecule has 0 unspecified atom stereocenters. The average molecular weight is 451 g/mol. The first-order chi connectivity index (χ1) is 15.4. The molecular formula is C26H27ClN2O3. The Morgan fingerprint density at radius 2 is 1.88 bits per heavy atom. The lowest BCUT2D eigenvalue weighted by Gasteiger charge is -2.13. The Balaban J connectivity index is 1.61. The number of nitrogens with zero attached hydrogens (tertiary/aromatic N) is 1. The molecule has 0 saturated carbocycles. The highest BCUT2D eigenvalue weighted by Gasteiger charge is 2.08. The third-order valence-corrected chi connectivity index (χ3v) is 5.04. The van der Waals surface area contributed by atoms with Gasteiger partial charge in [0, 0.05) is 5.02 Å². The Kier molecular flexibility index (Phi) is 8.28. The van der Waals surface area contributed by atoms with E-state index in [2.05, 4.69) is 16.6 Å². The summed E-state index contributed by atoms with van der Waals surface area (Å²) in [5.74, 6) is 1.07. The van der Waals surface area contributed by atoms with Crippen molar-refractivity contribution in [1.29, 1.82) is 0 Å². The van der Waals surface area contributed by atoms with Crippen LogP contribution >= 0.6 is 11.6 Å². The summed E-state index contributed by atoms with van der Waals surface area (Å²) in [6, 6.07) is 19.1. The van der Waals surface area contributed by atoms with Crippen molar-refractivity contribution in [2.24, 2.45) is 5.10 Å². The summed E-state index contributed by atoms with van der Waals surface area (Å²) in [7, 11) is 0. The highest BCUT2D eigenvalue weighted by Crippen LogP contribution is 2.29. The fourth-order valence-corrected chi connectivity index (χ4v) is 3.43. The molecule has 0 aliphatic heterocycles. The van der Waals surface area contributed by atoms with Gasteiger partial charge >= 0.3 is 0 Å². The number of carbonyl (C=O) groups is 1. The highest BCUT2D eigenvalue weighted by molar-refractivity contribution is 6.30. The molecule has 3 aromatic rings. The number of rotatable bonds is 9. The van der Waals surface area contributed by atoms with E-state index in [0.29, 0.717) is 29.7 Å². The number of aryl methyl sites for hydroxylation is 2. The van der Waals surface area contributed by atoms with Crippen molar-refractivity contribution in [3.05, 3.63) is 93.5 Å². The van der Waals surface area contributed by atoms with Crippen LogP contribution in [0, 0.1) is 13.8 Å². The third-order valence-electron chi connectivity index (χ3n) is 4.80. The predicted molar refractivity (Wildman–Crippen MR) is 129 cm³/mol. The Hall–Kier alpha value is -3.31. The quantitative estimate of drug-likeness (QED) is 0.339. The third kappa shape index (κ3) is 6.86. The lowest BCUT2D eigenvalue weighted by molar-refractivity contribution is -0.120. The number of nitrogens with one attached hydrogen (secondary N) is 1. The Morgan fingerprint density at radius 1 is 1.03 bits per heavy atom. The van der Waals surface area contributed by atoms with E-state index in [1.165, 1.54) is 5.56 Å². The van der Waals surface area contributed by atoms with Crippen molar-refractivity contribution in [2.45, 2.75) is 33.8 Å². The summed E-state index contributed by atoms with van der Waals surface area (Å²) in [4.78, 5) is 12.2. The monoisotopic (exact) mass is 450 g/mol. The molecule has 0 bridgehead atoms. The second-order valence-electron chi connectivity index (χ2n) is 7.46. The zero-order valence-corrected chi connectivity index (χ0v) is 19.3. The summed E-state index contributed by atoms with van der Waals surface area (Å²) in [5, 5.41) is 4.75. The van der Waals surface area contributed by atoms with Crippen molar-refractivity contribution in [3.8, 4) is 11.5 Å². The number of hydrazone groups is 1. The van der Waals surface area contributed by atoms with Crippen molar-refractivity contribution in [1.82, 2.24) is 5.43 Å². The lowest BCUT2D eigenvalue weighted by Crippen LogP contribution is -2.20. The van der Waals surface area contributed by atoms with Gasteiger partial charge in [-0.1, -0.05) is 47.5 Å². The molecule has 5 nitrogen and oxygen atoms in total. The van der Waals surface area contributed by atoms with Crippen LogP contribution in [0.5, 0.6) is 11.5 Å². The van der Waals surface area contributed by atoms with E-state index in [-0.39, 0.29) is 12.3 Å². The summed E-state index contributed by atoms with van der Waals surface area (Å²) in [6.45, 7) is 6.83. The highest BCUT2D eigenvalue weighted by atomic mass is 35.5. The maximum atomic E-state index is 12.2. The number of ether oxygens (including phenoxy) is 2. The van der Waals surface area contributed by atoms with Gasteiger partial charge in [0.2, 0.25) is 5.91 Å². The molecule has 0 spiro atoms. The summed E-state index contributed by atoms with van der Waals surface area (Å²) < 4.78 is 11.6. The lowest BCUT2D eigenvalue weighted by atomic mass is 10.0. The van der Waals surface area contributed by atoms with Gasteiger partial charge in [-0.15, -0.1) is 0 Å². The van der Waals surface area contributed by atoms with E-state index >= 15 is 0 Å². The molecule has 6 heteroatoms. The molecule has 3 rings (SSSR count). The topological polar surface area (TPSA) is 59.9 Å². The average Bonchev–Trinajstić information content (AvgIpc) is 2.75. The predicted octanol–water partition coefficient (Wildman–Crippen LogP) is 5.63. The van der Waals surface area contributed by atoms with E-state index in [4.69, 9.17) is 21.1 Å². The van der Waals surface area contributed by atoms with Gasteiger partial charge < -0.3 is 9.47 Å². The number of hydrogen-bond acceptors (Lipinski definition) is 4. The van der Waals surface area contributed by atoms with Gasteiger partial charge in [-0.25, -0.2) is 5.43 Å². The Labute approximate surface area is 194 Å². The second kappa shape index (κ2) is 11.3. The summed E-state index contributed by atoms with van der Waals surface area (Å²) >= 11 is 6.03. The van der Waals surface area contributed by atoms with Crippen LogP contribution < -0.4 is 14.9 Å².